The molecule has 0 bridgehead atoms. The maximum absolute atomic E-state index is 12.2. The molecule has 0 saturated heterocycles. The molecule has 0 saturated carbocycles. The van der Waals surface area contributed by atoms with Crippen molar-refractivity contribution in [3.63, 3.8) is 0 Å². The third kappa shape index (κ3) is 5.70. The van der Waals surface area contributed by atoms with E-state index in [9.17, 15) is 9.59 Å². The number of hydrogen-bond donors (Lipinski definition) is 3. The molecule has 0 radical (unpaired) electrons. The number of aliphatic hydroxyl groups is 1. The fourth-order valence-corrected chi connectivity index (χ4v) is 2.61. The number of nitrogens with one attached hydrogen (secondary N) is 2. The first kappa shape index (κ1) is 20.6. The topological polar surface area (TPSA) is 105 Å². The molecule has 2 aromatic carbocycles. The summed E-state index contributed by atoms with van der Waals surface area (Å²) in [7, 11) is 1.33. The molecule has 152 valence electrons. The van der Waals surface area contributed by atoms with Crippen LogP contribution in [0.15, 0.2) is 60.9 Å². The minimum Gasteiger partial charge on any atom is -0.465 e. The Labute approximate surface area is 173 Å². The van der Waals surface area contributed by atoms with Crippen molar-refractivity contribution in [2.75, 3.05) is 24.4 Å². The smallest absolute Gasteiger partial charge is 0.337 e. The van der Waals surface area contributed by atoms with Crippen LogP contribution < -0.4 is 10.6 Å². The molecular weight excluding hydrogens is 384 g/mol. The van der Waals surface area contributed by atoms with Crippen molar-refractivity contribution in [3.8, 4) is 11.8 Å². The fraction of sp³-hybridized carbons (Fsp3) is 0.136. The Kier molecular flexibility index (Phi) is 6.82. The molecule has 30 heavy (non-hydrogen) atoms. The van der Waals surface area contributed by atoms with Crippen molar-refractivity contribution in [1.29, 1.82) is 0 Å². The highest BCUT2D eigenvalue weighted by atomic mass is 16.5. The van der Waals surface area contributed by atoms with Crippen LogP contribution >= 0.6 is 0 Å². The van der Waals surface area contributed by atoms with Gasteiger partial charge < -0.3 is 20.5 Å². The van der Waals surface area contributed by atoms with E-state index in [0.29, 0.717) is 34.6 Å². The van der Waals surface area contributed by atoms with Gasteiger partial charge in [-0.1, -0.05) is 24.0 Å². The Hall–Kier alpha value is -4.09. The average molecular weight is 404 g/mol. The fourth-order valence-electron chi connectivity index (χ4n) is 2.61. The van der Waals surface area contributed by atoms with Gasteiger partial charge in [-0.3, -0.25) is 4.68 Å². The molecule has 8 nitrogen and oxygen atoms in total. The van der Waals surface area contributed by atoms with E-state index >= 15 is 0 Å². The van der Waals surface area contributed by atoms with E-state index in [0.717, 1.165) is 0 Å². The van der Waals surface area contributed by atoms with Gasteiger partial charge in [0.05, 0.1) is 37.7 Å². The number of aliphatic hydroxyl groups excluding tert-OH is 1. The maximum Gasteiger partial charge on any atom is 0.337 e. The Balaban J connectivity index is 1.66. The Morgan fingerprint density at radius 1 is 1.07 bits per heavy atom. The maximum atomic E-state index is 12.2. The van der Waals surface area contributed by atoms with Gasteiger partial charge in [-0.25, -0.2) is 9.59 Å². The highest BCUT2D eigenvalue weighted by Crippen LogP contribution is 2.12. The second kappa shape index (κ2) is 9.91. The summed E-state index contributed by atoms with van der Waals surface area (Å²) in [6, 6.07) is 13.5. The summed E-state index contributed by atoms with van der Waals surface area (Å²) < 4.78 is 6.24. The van der Waals surface area contributed by atoms with Crippen molar-refractivity contribution < 1.29 is 19.4 Å². The first-order valence-electron chi connectivity index (χ1n) is 9.09. The van der Waals surface area contributed by atoms with E-state index in [-0.39, 0.29) is 6.61 Å². The highest BCUT2D eigenvalue weighted by molar-refractivity contribution is 5.99. The zero-order chi connectivity index (χ0) is 21.3. The van der Waals surface area contributed by atoms with Crippen LogP contribution in [-0.4, -0.2) is 40.6 Å². The van der Waals surface area contributed by atoms with E-state index in [1.54, 1.807) is 48.7 Å². The van der Waals surface area contributed by atoms with Gasteiger partial charge in [-0.05, 0) is 36.4 Å². The van der Waals surface area contributed by atoms with Gasteiger partial charge in [0.1, 0.15) is 0 Å². The van der Waals surface area contributed by atoms with Crippen molar-refractivity contribution in [2.24, 2.45) is 0 Å². The third-order valence-corrected chi connectivity index (χ3v) is 3.98. The number of aromatic nitrogens is 2. The van der Waals surface area contributed by atoms with Crippen LogP contribution in [0.1, 0.15) is 21.5 Å². The molecule has 0 aliphatic carbocycles. The Morgan fingerprint density at radius 2 is 1.77 bits per heavy atom. The standard InChI is InChI=1S/C22H20N4O4/c1-30-21(28)18-6-2-4-16(12-18)8-9-17-5-3-7-19(13-17)24-22(29)25-20-14-23-26(15-20)10-11-27/h2-7,12-15,27H,10-11H2,1H3,(H2,24,25,29). The van der Waals surface area contributed by atoms with Crippen LogP contribution in [0.2, 0.25) is 0 Å². The van der Waals surface area contributed by atoms with E-state index in [4.69, 9.17) is 9.84 Å². The number of esters is 1. The van der Waals surface area contributed by atoms with Gasteiger partial charge in [0.25, 0.3) is 0 Å². The molecule has 0 atom stereocenters. The van der Waals surface area contributed by atoms with Gasteiger partial charge in [-0.2, -0.15) is 5.10 Å². The molecular formula is C22H20N4O4. The molecule has 3 rings (SSSR count). The molecule has 8 heteroatoms. The van der Waals surface area contributed by atoms with E-state index < -0.39 is 12.0 Å². The van der Waals surface area contributed by atoms with Gasteiger partial charge in [0, 0.05) is 23.0 Å². The molecule has 1 aromatic heterocycles. The molecule has 0 fully saturated rings. The molecule has 0 aliphatic rings. The minimum absolute atomic E-state index is 0.0336. The number of carbonyl (C=O) groups excluding carboxylic acids is 2. The summed E-state index contributed by atoms with van der Waals surface area (Å²) in [4.78, 5) is 23.8. The number of nitrogens with zero attached hydrogens (tertiary/aromatic N) is 2. The average Bonchev–Trinajstić information content (AvgIpc) is 3.19. The normalized spacial score (nSPS) is 9.93. The number of hydrogen-bond acceptors (Lipinski definition) is 5. The zero-order valence-corrected chi connectivity index (χ0v) is 16.3. The van der Waals surface area contributed by atoms with Crippen molar-refractivity contribution >= 4 is 23.4 Å². The largest absolute Gasteiger partial charge is 0.465 e. The van der Waals surface area contributed by atoms with Crippen molar-refractivity contribution in [1.82, 2.24) is 9.78 Å². The molecule has 0 unspecified atom stereocenters. The lowest BCUT2D eigenvalue weighted by atomic mass is 10.1. The van der Waals surface area contributed by atoms with E-state index in [1.807, 2.05) is 6.07 Å². The lowest BCUT2D eigenvalue weighted by Gasteiger charge is -2.06. The van der Waals surface area contributed by atoms with E-state index in [1.165, 1.54) is 18.0 Å². The Bertz CT molecular complexity index is 1110. The third-order valence-electron chi connectivity index (χ3n) is 3.98. The summed E-state index contributed by atoms with van der Waals surface area (Å²) in [6.07, 6.45) is 3.12. The summed E-state index contributed by atoms with van der Waals surface area (Å²) in [5.74, 6) is 5.59. The second-order valence-electron chi connectivity index (χ2n) is 6.20. The summed E-state index contributed by atoms with van der Waals surface area (Å²) >= 11 is 0. The molecule has 0 aliphatic heterocycles. The number of carbonyl (C=O) groups is 2. The number of methoxy groups -OCH3 is 1. The lowest BCUT2D eigenvalue weighted by Crippen LogP contribution is -2.19. The monoisotopic (exact) mass is 404 g/mol. The number of amides is 2. The summed E-state index contributed by atoms with van der Waals surface area (Å²) in [5.41, 5.74) is 2.90. The summed E-state index contributed by atoms with van der Waals surface area (Å²) in [6.45, 7) is 0.320. The number of rotatable bonds is 5. The van der Waals surface area contributed by atoms with E-state index in [2.05, 4.69) is 27.6 Å². The second-order valence-corrected chi connectivity index (χ2v) is 6.20. The Morgan fingerprint density at radius 3 is 2.50 bits per heavy atom. The first-order valence-corrected chi connectivity index (χ1v) is 9.09. The minimum atomic E-state index is -0.422. The van der Waals surface area contributed by atoms with Gasteiger partial charge in [0.15, 0.2) is 0 Å². The van der Waals surface area contributed by atoms with Gasteiger partial charge in [-0.15, -0.1) is 0 Å². The predicted molar refractivity (Wildman–Crippen MR) is 112 cm³/mol. The molecule has 1 heterocycles. The van der Waals surface area contributed by atoms with Crippen LogP contribution in [0, 0.1) is 11.8 Å². The zero-order valence-electron chi connectivity index (χ0n) is 16.3. The number of benzene rings is 2. The molecule has 2 amide bonds. The van der Waals surface area contributed by atoms with Crippen molar-refractivity contribution in [2.45, 2.75) is 6.54 Å². The molecule has 0 spiro atoms. The van der Waals surface area contributed by atoms with Gasteiger partial charge >= 0.3 is 12.0 Å². The van der Waals surface area contributed by atoms with Crippen LogP contribution in [0.5, 0.6) is 0 Å². The van der Waals surface area contributed by atoms with Crippen molar-refractivity contribution in [3.05, 3.63) is 77.6 Å². The van der Waals surface area contributed by atoms with Gasteiger partial charge in [0.2, 0.25) is 0 Å². The molecule has 3 aromatic rings. The van der Waals surface area contributed by atoms with Crippen LogP contribution in [-0.2, 0) is 11.3 Å². The summed E-state index contributed by atoms with van der Waals surface area (Å²) in [5, 5.41) is 18.3. The quantitative estimate of drug-likeness (QED) is 0.448. The van der Waals surface area contributed by atoms with Crippen LogP contribution in [0.4, 0.5) is 16.2 Å². The number of anilines is 2. The lowest BCUT2D eigenvalue weighted by molar-refractivity contribution is 0.0600. The first-order chi connectivity index (χ1) is 14.6. The SMILES string of the molecule is COC(=O)c1cccc(C#Cc2cccc(NC(=O)Nc3cnn(CCO)c3)c2)c1. The molecule has 3 N–H and O–H groups in total. The number of urea groups is 1. The number of ether oxygens (including phenoxy) is 1. The predicted octanol–water partition coefficient (Wildman–Crippen LogP) is 2.71. The van der Waals surface area contributed by atoms with Crippen LogP contribution in [0.25, 0.3) is 0 Å². The van der Waals surface area contributed by atoms with Crippen LogP contribution in [0.3, 0.4) is 0 Å². The highest BCUT2D eigenvalue weighted by Gasteiger charge is 2.06.